The van der Waals surface area contributed by atoms with Gasteiger partial charge in [-0.25, -0.2) is 4.39 Å². The van der Waals surface area contributed by atoms with Crippen LogP contribution in [-0.2, 0) is 0 Å². The first kappa shape index (κ1) is 11.9. The lowest BCUT2D eigenvalue weighted by Crippen LogP contribution is -2.19. The second-order valence-corrected chi connectivity index (χ2v) is 5.52. The Morgan fingerprint density at radius 1 is 1.50 bits per heavy atom. The lowest BCUT2D eigenvalue weighted by Gasteiger charge is -2.24. The van der Waals surface area contributed by atoms with E-state index in [0.717, 1.165) is 6.42 Å². The number of nitrogens with two attached hydrogens (primary N) is 1. The summed E-state index contributed by atoms with van der Waals surface area (Å²) in [4.78, 5) is 3.74. The molecule has 88 valence electrons. The highest BCUT2D eigenvalue weighted by molar-refractivity contribution is 7.99. The van der Waals surface area contributed by atoms with Gasteiger partial charge < -0.3 is 5.73 Å². The molecule has 2 N–H and O–H groups in total. The average Bonchev–Trinajstić information content (AvgIpc) is 2.31. The van der Waals surface area contributed by atoms with Crippen molar-refractivity contribution in [3.8, 4) is 0 Å². The number of thioether (sulfide) groups is 1. The Bertz CT molecular complexity index is 340. The molecule has 1 unspecified atom stereocenters. The van der Waals surface area contributed by atoms with Gasteiger partial charge >= 0.3 is 0 Å². The van der Waals surface area contributed by atoms with Gasteiger partial charge in [0.25, 0.3) is 0 Å². The number of nitrogens with zero attached hydrogens (tertiary/aromatic N) is 1. The number of pyridine rings is 1. The van der Waals surface area contributed by atoms with Gasteiger partial charge in [0.2, 0.25) is 0 Å². The molecule has 16 heavy (non-hydrogen) atoms. The van der Waals surface area contributed by atoms with Gasteiger partial charge in [-0.1, -0.05) is 0 Å². The molecule has 1 aliphatic heterocycles. The van der Waals surface area contributed by atoms with E-state index < -0.39 is 0 Å². The number of aromatic nitrogens is 1. The maximum absolute atomic E-state index is 13.4. The van der Waals surface area contributed by atoms with Gasteiger partial charge in [0.15, 0.2) is 0 Å². The molecule has 2 nitrogen and oxygen atoms in total. The van der Waals surface area contributed by atoms with E-state index in [0.29, 0.717) is 11.5 Å². The van der Waals surface area contributed by atoms with Crippen LogP contribution in [-0.4, -0.2) is 16.5 Å². The molecule has 0 aliphatic carbocycles. The van der Waals surface area contributed by atoms with Gasteiger partial charge in [0.1, 0.15) is 5.82 Å². The van der Waals surface area contributed by atoms with E-state index in [4.69, 9.17) is 5.73 Å². The highest BCUT2D eigenvalue weighted by atomic mass is 32.2. The molecule has 2 heterocycles. The highest BCUT2D eigenvalue weighted by Crippen LogP contribution is 2.30. The summed E-state index contributed by atoms with van der Waals surface area (Å²) < 4.78 is 13.4. The number of rotatable bonds is 3. The zero-order valence-corrected chi connectivity index (χ0v) is 10.0. The standard InChI is InChI=1S/C12H17FN2S/c13-11-8-15-4-1-10(11)12(14)7-9-2-5-16-6-3-9/h1,4,8-9,12H,2-3,5-7,14H2. The minimum Gasteiger partial charge on any atom is -0.324 e. The van der Waals surface area contributed by atoms with Gasteiger partial charge in [-0.3, -0.25) is 4.98 Å². The quantitative estimate of drug-likeness (QED) is 0.883. The minimum absolute atomic E-state index is 0.184. The molecule has 4 heteroatoms. The zero-order chi connectivity index (χ0) is 11.4. The van der Waals surface area contributed by atoms with Crippen molar-refractivity contribution in [2.45, 2.75) is 25.3 Å². The molecule has 1 fully saturated rings. The largest absolute Gasteiger partial charge is 0.324 e. The van der Waals surface area contributed by atoms with Crippen molar-refractivity contribution in [1.82, 2.24) is 4.98 Å². The van der Waals surface area contributed by atoms with Gasteiger partial charge in [-0.05, 0) is 42.8 Å². The third-order valence-corrected chi connectivity index (χ3v) is 4.18. The summed E-state index contributed by atoms with van der Waals surface area (Å²) in [5.41, 5.74) is 6.66. The fourth-order valence-corrected chi connectivity index (χ4v) is 3.36. The molecule has 0 saturated carbocycles. The van der Waals surface area contributed by atoms with Crippen LogP contribution in [0.1, 0.15) is 30.9 Å². The van der Waals surface area contributed by atoms with Crippen LogP contribution < -0.4 is 5.73 Å². The molecule has 0 aromatic carbocycles. The first-order valence-electron chi connectivity index (χ1n) is 5.70. The minimum atomic E-state index is -0.278. The molecule has 1 aromatic heterocycles. The normalized spacial score (nSPS) is 19.6. The van der Waals surface area contributed by atoms with Crippen molar-refractivity contribution in [1.29, 1.82) is 0 Å². The lowest BCUT2D eigenvalue weighted by atomic mass is 9.91. The summed E-state index contributed by atoms with van der Waals surface area (Å²) in [6.45, 7) is 0. The fourth-order valence-electron chi connectivity index (χ4n) is 2.15. The predicted octanol–water partition coefficient (Wildman–Crippen LogP) is 2.75. The summed E-state index contributed by atoms with van der Waals surface area (Å²) in [5, 5.41) is 0. The second-order valence-electron chi connectivity index (χ2n) is 4.30. The summed E-state index contributed by atoms with van der Waals surface area (Å²) in [6, 6.07) is 1.51. The van der Waals surface area contributed by atoms with Crippen molar-refractivity contribution in [2.75, 3.05) is 11.5 Å². The third kappa shape index (κ3) is 2.95. The van der Waals surface area contributed by atoms with Crippen molar-refractivity contribution < 1.29 is 4.39 Å². The third-order valence-electron chi connectivity index (χ3n) is 3.13. The van der Waals surface area contributed by atoms with Crippen LogP contribution in [0.5, 0.6) is 0 Å². The Labute approximate surface area is 99.8 Å². The van der Waals surface area contributed by atoms with E-state index in [2.05, 4.69) is 4.98 Å². The van der Waals surface area contributed by atoms with Gasteiger partial charge in [-0.2, -0.15) is 11.8 Å². The van der Waals surface area contributed by atoms with Crippen LogP contribution in [0.15, 0.2) is 18.5 Å². The second kappa shape index (κ2) is 5.64. The molecule has 1 atom stereocenters. The molecule has 1 saturated heterocycles. The average molecular weight is 240 g/mol. The van der Waals surface area contributed by atoms with E-state index in [1.807, 2.05) is 11.8 Å². The number of halogens is 1. The highest BCUT2D eigenvalue weighted by Gasteiger charge is 2.19. The van der Waals surface area contributed by atoms with Crippen LogP contribution in [0.3, 0.4) is 0 Å². The number of hydrogen-bond donors (Lipinski definition) is 1. The summed E-state index contributed by atoms with van der Waals surface area (Å²) in [7, 11) is 0. The predicted molar refractivity (Wildman–Crippen MR) is 65.8 cm³/mol. The molecular formula is C12H17FN2S. The fraction of sp³-hybridized carbons (Fsp3) is 0.583. The summed E-state index contributed by atoms with van der Waals surface area (Å²) in [6.07, 6.45) is 6.17. The Morgan fingerprint density at radius 3 is 2.94 bits per heavy atom. The molecule has 0 radical (unpaired) electrons. The van der Waals surface area contributed by atoms with Crippen LogP contribution >= 0.6 is 11.8 Å². The van der Waals surface area contributed by atoms with Crippen LogP contribution in [0.2, 0.25) is 0 Å². The topological polar surface area (TPSA) is 38.9 Å². The van der Waals surface area contributed by atoms with E-state index in [1.54, 1.807) is 12.3 Å². The van der Waals surface area contributed by atoms with Crippen molar-refractivity contribution in [2.24, 2.45) is 11.7 Å². The Balaban J connectivity index is 1.96. The molecule has 1 aliphatic rings. The summed E-state index contributed by atoms with van der Waals surface area (Å²) in [5.74, 6) is 2.82. The van der Waals surface area contributed by atoms with Crippen molar-refractivity contribution in [3.63, 3.8) is 0 Å². The van der Waals surface area contributed by atoms with E-state index >= 15 is 0 Å². The first-order chi connectivity index (χ1) is 7.77. The molecule has 1 aromatic rings. The molecular weight excluding hydrogens is 223 g/mol. The summed E-state index contributed by atoms with van der Waals surface area (Å²) >= 11 is 2.00. The SMILES string of the molecule is NC(CC1CCSCC1)c1ccncc1F. The monoisotopic (exact) mass is 240 g/mol. The van der Waals surface area contributed by atoms with Crippen molar-refractivity contribution >= 4 is 11.8 Å². The van der Waals surface area contributed by atoms with Gasteiger partial charge in [0.05, 0.1) is 6.20 Å². The van der Waals surface area contributed by atoms with Crippen molar-refractivity contribution in [3.05, 3.63) is 29.8 Å². The van der Waals surface area contributed by atoms with Gasteiger partial charge in [-0.15, -0.1) is 0 Å². The van der Waals surface area contributed by atoms with Gasteiger partial charge in [0, 0.05) is 17.8 Å². The Hall–Kier alpha value is -0.610. The van der Waals surface area contributed by atoms with E-state index in [1.165, 1.54) is 30.5 Å². The number of hydrogen-bond acceptors (Lipinski definition) is 3. The van der Waals surface area contributed by atoms with Crippen LogP contribution in [0.25, 0.3) is 0 Å². The zero-order valence-electron chi connectivity index (χ0n) is 9.23. The lowest BCUT2D eigenvalue weighted by molar-refractivity contribution is 0.405. The maximum atomic E-state index is 13.4. The molecule has 0 amide bonds. The molecule has 0 spiro atoms. The Morgan fingerprint density at radius 2 is 2.25 bits per heavy atom. The van der Waals surface area contributed by atoms with Crippen LogP contribution in [0.4, 0.5) is 4.39 Å². The smallest absolute Gasteiger partial charge is 0.146 e. The molecule has 0 bridgehead atoms. The maximum Gasteiger partial charge on any atom is 0.146 e. The van der Waals surface area contributed by atoms with E-state index in [9.17, 15) is 4.39 Å². The Kier molecular flexibility index (Phi) is 4.18. The first-order valence-corrected chi connectivity index (χ1v) is 6.85. The van der Waals surface area contributed by atoms with Crippen LogP contribution in [0, 0.1) is 11.7 Å². The van der Waals surface area contributed by atoms with E-state index in [-0.39, 0.29) is 11.9 Å². The molecule has 2 rings (SSSR count).